The van der Waals surface area contributed by atoms with Crippen molar-refractivity contribution in [3.05, 3.63) is 61.1 Å². The monoisotopic (exact) mass is 388 g/mol. The number of nitro benzene ring substituents is 1. The van der Waals surface area contributed by atoms with Gasteiger partial charge in [-0.1, -0.05) is 46.9 Å². The first kappa shape index (κ1) is 18.3. The Kier molecular flexibility index (Phi) is 5.88. The molecule has 0 spiro atoms. The van der Waals surface area contributed by atoms with Crippen molar-refractivity contribution in [2.45, 2.75) is 6.92 Å². The predicted octanol–water partition coefficient (Wildman–Crippen LogP) is 4.88. The fourth-order valence-electron chi connectivity index (χ4n) is 1.93. The van der Waals surface area contributed by atoms with Gasteiger partial charge in [-0.2, -0.15) is 0 Å². The zero-order valence-electron chi connectivity index (χ0n) is 12.3. The molecule has 24 heavy (non-hydrogen) atoms. The van der Waals surface area contributed by atoms with Gasteiger partial charge in [0.2, 0.25) is 0 Å². The van der Waals surface area contributed by atoms with Gasteiger partial charge in [-0.25, -0.2) is 0 Å². The second kappa shape index (κ2) is 7.70. The van der Waals surface area contributed by atoms with Crippen molar-refractivity contribution < 1.29 is 14.5 Å². The fourth-order valence-corrected chi connectivity index (χ4v) is 2.52. The Morgan fingerprint density at radius 1 is 1.21 bits per heavy atom. The van der Waals surface area contributed by atoms with Crippen LogP contribution in [0.15, 0.2) is 30.3 Å². The number of nitrogens with one attached hydrogen (secondary N) is 1. The van der Waals surface area contributed by atoms with E-state index in [1.807, 2.05) is 0 Å². The number of hydrogen-bond acceptors (Lipinski definition) is 4. The van der Waals surface area contributed by atoms with E-state index in [1.54, 1.807) is 19.1 Å². The molecule has 0 saturated heterocycles. The van der Waals surface area contributed by atoms with Gasteiger partial charge in [-0.15, -0.1) is 0 Å². The summed E-state index contributed by atoms with van der Waals surface area (Å²) < 4.78 is 5.25. The summed E-state index contributed by atoms with van der Waals surface area (Å²) in [4.78, 5) is 22.5. The maximum atomic E-state index is 12.0. The molecule has 126 valence electrons. The summed E-state index contributed by atoms with van der Waals surface area (Å²) in [6.07, 6.45) is 0. The van der Waals surface area contributed by atoms with Crippen LogP contribution < -0.4 is 10.1 Å². The molecule has 0 saturated carbocycles. The lowest BCUT2D eigenvalue weighted by Gasteiger charge is -2.10. The van der Waals surface area contributed by atoms with E-state index in [2.05, 4.69) is 5.32 Å². The summed E-state index contributed by atoms with van der Waals surface area (Å²) in [7, 11) is 0. The number of hydrogen-bond donors (Lipinski definition) is 1. The van der Waals surface area contributed by atoms with Crippen molar-refractivity contribution >= 4 is 52.1 Å². The van der Waals surface area contributed by atoms with Crippen LogP contribution in [-0.4, -0.2) is 17.4 Å². The molecule has 2 aromatic carbocycles. The number of rotatable bonds is 5. The number of nitro groups is 1. The number of para-hydroxylation sites is 1. The smallest absolute Gasteiger partial charge is 0.313 e. The number of carbonyl (C=O) groups excluding carboxylic acids is 1. The summed E-state index contributed by atoms with van der Waals surface area (Å²) in [6, 6.07) is 7.41. The van der Waals surface area contributed by atoms with Crippen LogP contribution in [0.2, 0.25) is 15.1 Å². The molecule has 0 aliphatic rings. The van der Waals surface area contributed by atoms with Crippen LogP contribution in [0.4, 0.5) is 11.4 Å². The second-order valence-corrected chi connectivity index (χ2v) is 5.98. The SMILES string of the molecule is Cc1cccc(OCC(=O)Nc2cc(Cl)c(Cl)cc2Cl)c1[N+](=O)[O-]. The number of benzene rings is 2. The molecule has 2 aromatic rings. The topological polar surface area (TPSA) is 81.5 Å². The number of aryl methyl sites for hydroxylation is 1. The molecule has 2 rings (SSSR count). The quantitative estimate of drug-likeness (QED) is 0.449. The van der Waals surface area contributed by atoms with Gasteiger partial charge in [0.05, 0.1) is 25.7 Å². The standard InChI is InChI=1S/C15H11Cl3N2O4/c1-8-3-2-4-13(15(8)20(22)23)24-7-14(21)19-12-6-10(17)9(16)5-11(12)18/h2-6H,7H2,1H3,(H,19,21). The van der Waals surface area contributed by atoms with E-state index in [4.69, 9.17) is 39.5 Å². The normalized spacial score (nSPS) is 10.3. The lowest BCUT2D eigenvalue weighted by Crippen LogP contribution is -2.20. The van der Waals surface area contributed by atoms with Crippen molar-refractivity contribution in [1.29, 1.82) is 0 Å². The first-order valence-corrected chi connectivity index (χ1v) is 7.74. The highest BCUT2D eigenvalue weighted by atomic mass is 35.5. The molecular formula is C15H11Cl3N2O4. The minimum Gasteiger partial charge on any atom is -0.477 e. The summed E-state index contributed by atoms with van der Waals surface area (Å²) in [5, 5.41) is 14.3. The molecule has 0 radical (unpaired) electrons. The average Bonchev–Trinajstić information content (AvgIpc) is 2.50. The highest BCUT2D eigenvalue weighted by Crippen LogP contribution is 2.32. The van der Waals surface area contributed by atoms with E-state index in [9.17, 15) is 14.9 Å². The number of carbonyl (C=O) groups is 1. The van der Waals surface area contributed by atoms with Gasteiger partial charge >= 0.3 is 5.69 Å². The Morgan fingerprint density at radius 2 is 1.88 bits per heavy atom. The van der Waals surface area contributed by atoms with Crippen molar-refractivity contribution in [2.75, 3.05) is 11.9 Å². The number of anilines is 1. The highest BCUT2D eigenvalue weighted by molar-refractivity contribution is 6.44. The third-order valence-corrected chi connectivity index (χ3v) is 4.06. The van der Waals surface area contributed by atoms with Gasteiger partial charge in [-0.3, -0.25) is 14.9 Å². The molecule has 0 aliphatic carbocycles. The van der Waals surface area contributed by atoms with Gasteiger partial charge in [0.15, 0.2) is 12.4 Å². The molecule has 0 aromatic heterocycles. The average molecular weight is 390 g/mol. The van der Waals surface area contributed by atoms with E-state index >= 15 is 0 Å². The zero-order valence-corrected chi connectivity index (χ0v) is 14.6. The van der Waals surface area contributed by atoms with Gasteiger partial charge < -0.3 is 10.1 Å². The molecule has 6 nitrogen and oxygen atoms in total. The number of ether oxygens (including phenoxy) is 1. The largest absolute Gasteiger partial charge is 0.477 e. The molecule has 1 N–H and O–H groups in total. The van der Waals surface area contributed by atoms with Crippen molar-refractivity contribution in [3.63, 3.8) is 0 Å². The Hall–Kier alpha value is -2.02. The molecule has 0 heterocycles. The summed E-state index contributed by atoms with van der Waals surface area (Å²) in [5.74, 6) is -0.540. The third kappa shape index (κ3) is 4.29. The van der Waals surface area contributed by atoms with Crippen LogP contribution in [0, 0.1) is 17.0 Å². The van der Waals surface area contributed by atoms with Crippen LogP contribution in [-0.2, 0) is 4.79 Å². The molecule has 9 heteroatoms. The van der Waals surface area contributed by atoms with E-state index < -0.39 is 17.4 Å². The summed E-state index contributed by atoms with van der Waals surface area (Å²) in [5.41, 5.74) is 0.515. The van der Waals surface area contributed by atoms with E-state index in [-0.39, 0.29) is 32.2 Å². The lowest BCUT2D eigenvalue weighted by atomic mass is 10.2. The first-order valence-electron chi connectivity index (χ1n) is 6.60. The molecule has 0 atom stereocenters. The number of amides is 1. The van der Waals surface area contributed by atoms with Gasteiger partial charge in [0, 0.05) is 5.56 Å². The predicted molar refractivity (Wildman–Crippen MR) is 93.4 cm³/mol. The zero-order chi connectivity index (χ0) is 17.9. The molecule has 0 bridgehead atoms. The van der Waals surface area contributed by atoms with Gasteiger partial charge in [0.1, 0.15) is 0 Å². The highest BCUT2D eigenvalue weighted by Gasteiger charge is 2.19. The Labute approximate surface area is 152 Å². The van der Waals surface area contributed by atoms with Gasteiger partial charge in [-0.05, 0) is 25.1 Å². The maximum absolute atomic E-state index is 12.0. The van der Waals surface area contributed by atoms with Crippen molar-refractivity contribution in [1.82, 2.24) is 0 Å². The Morgan fingerprint density at radius 3 is 2.54 bits per heavy atom. The van der Waals surface area contributed by atoms with Crippen molar-refractivity contribution in [2.24, 2.45) is 0 Å². The first-order chi connectivity index (χ1) is 11.3. The van der Waals surface area contributed by atoms with Crippen LogP contribution >= 0.6 is 34.8 Å². The Bertz CT molecular complexity index is 812. The fraction of sp³-hybridized carbons (Fsp3) is 0.133. The molecule has 0 fully saturated rings. The van der Waals surface area contributed by atoms with Crippen molar-refractivity contribution in [3.8, 4) is 5.75 Å². The number of nitrogens with zero attached hydrogens (tertiary/aromatic N) is 1. The molecule has 1 amide bonds. The second-order valence-electron chi connectivity index (χ2n) is 4.76. The van der Waals surface area contributed by atoms with Crippen LogP contribution in [0.3, 0.4) is 0 Å². The van der Waals surface area contributed by atoms with Crippen LogP contribution in [0.5, 0.6) is 5.75 Å². The minimum absolute atomic E-state index is 0.00962. The van der Waals surface area contributed by atoms with E-state index in [0.29, 0.717) is 5.56 Å². The third-order valence-electron chi connectivity index (χ3n) is 3.03. The van der Waals surface area contributed by atoms with Crippen LogP contribution in [0.25, 0.3) is 0 Å². The molecule has 0 aliphatic heterocycles. The molecule has 0 unspecified atom stereocenters. The summed E-state index contributed by atoms with van der Waals surface area (Å²) >= 11 is 17.6. The number of halogens is 3. The summed E-state index contributed by atoms with van der Waals surface area (Å²) in [6.45, 7) is 1.15. The minimum atomic E-state index is -0.557. The van der Waals surface area contributed by atoms with E-state index in [1.165, 1.54) is 18.2 Å². The van der Waals surface area contributed by atoms with Crippen LogP contribution in [0.1, 0.15) is 5.56 Å². The van der Waals surface area contributed by atoms with Gasteiger partial charge in [0.25, 0.3) is 5.91 Å². The molecular weight excluding hydrogens is 379 g/mol. The van der Waals surface area contributed by atoms with E-state index in [0.717, 1.165) is 0 Å². The Balaban J connectivity index is 2.09. The lowest BCUT2D eigenvalue weighted by molar-refractivity contribution is -0.386. The maximum Gasteiger partial charge on any atom is 0.313 e.